The molecule has 1 fully saturated rings. The molecule has 1 atom stereocenters. The number of amides is 3. The van der Waals surface area contributed by atoms with E-state index in [-0.39, 0.29) is 6.03 Å². The number of hydrogen-bond donors (Lipinski definition) is 2. The number of likely N-dealkylation sites (tertiary alicyclic amines) is 1. The van der Waals surface area contributed by atoms with E-state index in [0.29, 0.717) is 19.5 Å². The summed E-state index contributed by atoms with van der Waals surface area (Å²) in [6.45, 7) is 1.43. The van der Waals surface area contributed by atoms with Crippen LogP contribution < -0.4 is 11.1 Å². The molecule has 20 heavy (non-hydrogen) atoms. The number of imide groups is 1. The first-order valence-electron chi connectivity index (χ1n) is 7.06. The van der Waals surface area contributed by atoms with E-state index < -0.39 is 11.9 Å². The van der Waals surface area contributed by atoms with E-state index in [0.717, 1.165) is 24.8 Å². The Hall–Kier alpha value is -1.88. The lowest BCUT2D eigenvalue weighted by molar-refractivity contribution is -0.121. The molecule has 0 radical (unpaired) electrons. The molecule has 108 valence electrons. The first-order chi connectivity index (χ1) is 9.66. The van der Waals surface area contributed by atoms with Crippen LogP contribution in [0.2, 0.25) is 0 Å². The van der Waals surface area contributed by atoms with Crippen LogP contribution >= 0.6 is 0 Å². The Kier molecular flexibility index (Phi) is 5.12. The normalized spacial score (nSPS) is 16.6. The Labute approximate surface area is 119 Å². The van der Waals surface area contributed by atoms with Gasteiger partial charge < -0.3 is 10.6 Å². The van der Waals surface area contributed by atoms with Crippen molar-refractivity contribution in [2.24, 2.45) is 5.73 Å². The molecule has 1 aromatic rings. The fourth-order valence-corrected chi connectivity index (χ4v) is 2.33. The molecule has 3 amide bonds. The average Bonchev–Trinajstić information content (AvgIpc) is 2.49. The van der Waals surface area contributed by atoms with Crippen LogP contribution in [0.5, 0.6) is 0 Å². The van der Waals surface area contributed by atoms with Gasteiger partial charge in [-0.15, -0.1) is 0 Å². The number of nitrogens with one attached hydrogen (secondary N) is 1. The average molecular weight is 275 g/mol. The molecule has 2 rings (SSSR count). The van der Waals surface area contributed by atoms with E-state index in [1.165, 1.54) is 0 Å². The summed E-state index contributed by atoms with van der Waals surface area (Å²) in [7, 11) is 0. The second-order valence-corrected chi connectivity index (χ2v) is 5.14. The molecule has 0 spiro atoms. The van der Waals surface area contributed by atoms with Crippen LogP contribution in [0.4, 0.5) is 4.79 Å². The number of hydrogen-bond acceptors (Lipinski definition) is 3. The van der Waals surface area contributed by atoms with Crippen molar-refractivity contribution >= 4 is 11.9 Å². The summed E-state index contributed by atoms with van der Waals surface area (Å²) in [5.41, 5.74) is 6.83. The molecule has 0 bridgehead atoms. The highest BCUT2D eigenvalue weighted by Crippen LogP contribution is 2.08. The maximum Gasteiger partial charge on any atom is 0.324 e. The zero-order valence-corrected chi connectivity index (χ0v) is 11.5. The second-order valence-electron chi connectivity index (χ2n) is 5.14. The van der Waals surface area contributed by atoms with Crippen LogP contribution in [0.1, 0.15) is 24.8 Å². The van der Waals surface area contributed by atoms with Crippen molar-refractivity contribution in [2.45, 2.75) is 31.7 Å². The third-order valence-corrected chi connectivity index (χ3v) is 3.51. The van der Waals surface area contributed by atoms with E-state index >= 15 is 0 Å². The largest absolute Gasteiger partial charge is 0.324 e. The molecule has 5 heteroatoms. The van der Waals surface area contributed by atoms with Crippen molar-refractivity contribution < 1.29 is 9.59 Å². The van der Waals surface area contributed by atoms with Crippen molar-refractivity contribution in [3.8, 4) is 0 Å². The van der Waals surface area contributed by atoms with Crippen molar-refractivity contribution in [3.05, 3.63) is 35.9 Å². The number of benzene rings is 1. The fraction of sp³-hybridized carbons (Fsp3) is 0.467. The standard InChI is InChI=1S/C15H21N3O2/c16-13(11-12-7-3-1-4-8-12)14(19)17-15(20)18-9-5-2-6-10-18/h1,3-4,7-8,13H,2,5-6,9-11,16H2,(H,17,19,20)/t13-/m0/s1. The number of urea groups is 1. The van der Waals surface area contributed by atoms with Gasteiger partial charge in [-0.1, -0.05) is 30.3 Å². The van der Waals surface area contributed by atoms with Gasteiger partial charge in [0.25, 0.3) is 0 Å². The van der Waals surface area contributed by atoms with Crippen LogP contribution in [0.3, 0.4) is 0 Å². The van der Waals surface area contributed by atoms with Crippen molar-refractivity contribution in [1.82, 2.24) is 10.2 Å². The van der Waals surface area contributed by atoms with Gasteiger partial charge in [0.1, 0.15) is 0 Å². The smallest absolute Gasteiger partial charge is 0.324 e. The Morgan fingerprint density at radius 3 is 2.45 bits per heavy atom. The molecular weight excluding hydrogens is 254 g/mol. The summed E-state index contributed by atoms with van der Waals surface area (Å²) in [6, 6.07) is 8.52. The zero-order valence-electron chi connectivity index (χ0n) is 11.5. The summed E-state index contributed by atoms with van der Waals surface area (Å²) in [6.07, 6.45) is 3.57. The third kappa shape index (κ3) is 4.06. The van der Waals surface area contributed by atoms with E-state index in [1.54, 1.807) is 4.90 Å². The number of rotatable bonds is 3. The molecule has 1 heterocycles. The van der Waals surface area contributed by atoms with Crippen LogP contribution in [0.15, 0.2) is 30.3 Å². The monoisotopic (exact) mass is 275 g/mol. The molecule has 3 N–H and O–H groups in total. The molecule has 0 saturated carbocycles. The van der Waals surface area contributed by atoms with Crippen molar-refractivity contribution in [2.75, 3.05) is 13.1 Å². The number of carbonyl (C=O) groups excluding carboxylic acids is 2. The fourth-order valence-electron chi connectivity index (χ4n) is 2.33. The lowest BCUT2D eigenvalue weighted by atomic mass is 10.1. The number of carbonyl (C=O) groups is 2. The molecule has 1 aromatic carbocycles. The maximum atomic E-state index is 11.9. The van der Waals surface area contributed by atoms with Gasteiger partial charge in [-0.3, -0.25) is 10.1 Å². The summed E-state index contributed by atoms with van der Waals surface area (Å²) in [4.78, 5) is 25.5. The van der Waals surface area contributed by atoms with Gasteiger partial charge in [0.05, 0.1) is 6.04 Å². The first-order valence-corrected chi connectivity index (χ1v) is 7.06. The highest BCUT2D eigenvalue weighted by atomic mass is 16.2. The molecule has 1 saturated heterocycles. The van der Waals surface area contributed by atoms with E-state index in [1.807, 2.05) is 30.3 Å². The highest BCUT2D eigenvalue weighted by Gasteiger charge is 2.21. The van der Waals surface area contributed by atoms with Gasteiger partial charge in [-0.05, 0) is 31.2 Å². The minimum absolute atomic E-state index is 0.321. The minimum atomic E-state index is -0.703. The summed E-state index contributed by atoms with van der Waals surface area (Å²) >= 11 is 0. The van der Waals surface area contributed by atoms with E-state index in [9.17, 15) is 9.59 Å². The second kappa shape index (κ2) is 7.05. The van der Waals surface area contributed by atoms with Crippen LogP contribution in [0, 0.1) is 0 Å². The van der Waals surface area contributed by atoms with Gasteiger partial charge in [-0.2, -0.15) is 0 Å². The quantitative estimate of drug-likeness (QED) is 0.872. The van der Waals surface area contributed by atoms with Gasteiger partial charge in [0.2, 0.25) is 5.91 Å². The Morgan fingerprint density at radius 1 is 1.15 bits per heavy atom. The Morgan fingerprint density at radius 2 is 1.80 bits per heavy atom. The Bertz CT molecular complexity index is 455. The van der Waals surface area contributed by atoms with Crippen molar-refractivity contribution in [1.29, 1.82) is 0 Å². The number of nitrogens with two attached hydrogens (primary N) is 1. The Balaban J connectivity index is 1.82. The van der Waals surface area contributed by atoms with Gasteiger partial charge >= 0.3 is 6.03 Å². The highest BCUT2D eigenvalue weighted by molar-refractivity contribution is 5.97. The van der Waals surface area contributed by atoms with Gasteiger partial charge in [-0.25, -0.2) is 4.79 Å². The molecule has 1 aliphatic rings. The van der Waals surface area contributed by atoms with E-state index in [4.69, 9.17) is 5.73 Å². The SMILES string of the molecule is N[C@@H](Cc1ccccc1)C(=O)NC(=O)N1CCCCC1. The maximum absolute atomic E-state index is 11.9. The van der Waals surface area contributed by atoms with Crippen LogP contribution in [-0.4, -0.2) is 36.0 Å². The predicted molar refractivity (Wildman–Crippen MR) is 77.1 cm³/mol. The lowest BCUT2D eigenvalue weighted by Gasteiger charge is -2.26. The topological polar surface area (TPSA) is 75.4 Å². The first kappa shape index (κ1) is 14.5. The molecule has 1 aliphatic heterocycles. The lowest BCUT2D eigenvalue weighted by Crippen LogP contribution is -2.50. The van der Waals surface area contributed by atoms with Gasteiger partial charge in [0, 0.05) is 13.1 Å². The summed E-state index contributed by atoms with van der Waals surface area (Å²) in [5.74, 6) is -0.413. The minimum Gasteiger partial charge on any atom is -0.324 e. The molecule has 0 aliphatic carbocycles. The van der Waals surface area contributed by atoms with Crippen LogP contribution in [0.25, 0.3) is 0 Å². The number of piperidine rings is 1. The van der Waals surface area contributed by atoms with Crippen LogP contribution in [-0.2, 0) is 11.2 Å². The zero-order chi connectivity index (χ0) is 14.4. The molecule has 5 nitrogen and oxygen atoms in total. The summed E-state index contributed by atoms with van der Waals surface area (Å²) in [5, 5.41) is 2.39. The van der Waals surface area contributed by atoms with Gasteiger partial charge in [0.15, 0.2) is 0 Å². The van der Waals surface area contributed by atoms with Crippen molar-refractivity contribution in [3.63, 3.8) is 0 Å². The summed E-state index contributed by atoms with van der Waals surface area (Å²) < 4.78 is 0. The molecule has 0 aromatic heterocycles. The molecular formula is C15H21N3O2. The molecule has 0 unspecified atom stereocenters. The number of nitrogens with zero attached hydrogens (tertiary/aromatic N) is 1. The predicted octanol–water partition coefficient (Wildman–Crippen LogP) is 1.28. The van der Waals surface area contributed by atoms with E-state index in [2.05, 4.69) is 5.32 Å². The third-order valence-electron chi connectivity index (χ3n) is 3.51.